The van der Waals surface area contributed by atoms with Crippen LogP contribution in [0.3, 0.4) is 0 Å². The van der Waals surface area contributed by atoms with E-state index in [2.05, 4.69) is 4.98 Å². The van der Waals surface area contributed by atoms with Crippen molar-refractivity contribution in [3.63, 3.8) is 0 Å². The fraction of sp³-hybridized carbons (Fsp3) is 0.222. The molecular formula is C9H12N2O. The molecule has 0 atom stereocenters. The van der Waals surface area contributed by atoms with Crippen LogP contribution in [0.2, 0.25) is 0 Å². The van der Waals surface area contributed by atoms with E-state index in [1.54, 1.807) is 12.3 Å². The second-order valence-electron chi connectivity index (χ2n) is 2.43. The number of aliphatic hydroxyl groups is 1. The van der Waals surface area contributed by atoms with Crippen molar-refractivity contribution in [2.24, 2.45) is 0 Å². The Labute approximate surface area is 71.6 Å². The van der Waals surface area contributed by atoms with Gasteiger partial charge in [0.05, 0.1) is 17.6 Å². The predicted molar refractivity (Wildman–Crippen MR) is 49.4 cm³/mol. The van der Waals surface area contributed by atoms with Crippen LogP contribution in [-0.2, 0) is 0 Å². The summed E-state index contributed by atoms with van der Waals surface area (Å²) in [6, 6.07) is 3.63. The van der Waals surface area contributed by atoms with Gasteiger partial charge in [-0.15, -0.1) is 0 Å². The van der Waals surface area contributed by atoms with E-state index in [9.17, 15) is 0 Å². The number of nitrogen functional groups attached to an aromatic ring is 1. The first kappa shape index (κ1) is 8.74. The Hall–Kier alpha value is -1.35. The highest BCUT2D eigenvalue weighted by Crippen LogP contribution is 2.02. The van der Waals surface area contributed by atoms with Crippen molar-refractivity contribution in [2.45, 2.75) is 6.42 Å². The Kier molecular flexibility index (Phi) is 3.29. The Morgan fingerprint density at radius 1 is 1.50 bits per heavy atom. The number of aromatic nitrogens is 1. The highest BCUT2D eigenvalue weighted by atomic mass is 16.2. The summed E-state index contributed by atoms with van der Waals surface area (Å²) in [6.45, 7) is 0.172. The molecule has 0 bridgehead atoms. The van der Waals surface area contributed by atoms with Gasteiger partial charge in [-0.3, -0.25) is 4.98 Å². The number of aliphatic hydroxyl groups excluding tert-OH is 1. The van der Waals surface area contributed by atoms with Crippen LogP contribution in [0.15, 0.2) is 24.4 Å². The van der Waals surface area contributed by atoms with Gasteiger partial charge in [0.1, 0.15) is 0 Å². The minimum absolute atomic E-state index is 0.172. The molecule has 0 amide bonds. The van der Waals surface area contributed by atoms with Gasteiger partial charge < -0.3 is 10.8 Å². The van der Waals surface area contributed by atoms with Crippen molar-refractivity contribution in [3.05, 3.63) is 30.1 Å². The molecule has 12 heavy (non-hydrogen) atoms. The predicted octanol–water partition coefficient (Wildman–Crippen LogP) is 1.06. The molecule has 0 aromatic carbocycles. The van der Waals surface area contributed by atoms with E-state index >= 15 is 0 Å². The minimum Gasteiger partial charge on any atom is -0.397 e. The molecule has 3 nitrogen and oxygen atoms in total. The number of hydrogen-bond donors (Lipinski definition) is 2. The summed E-state index contributed by atoms with van der Waals surface area (Å²) >= 11 is 0. The monoisotopic (exact) mass is 164 g/mol. The van der Waals surface area contributed by atoms with E-state index in [4.69, 9.17) is 10.8 Å². The highest BCUT2D eigenvalue weighted by Gasteiger charge is 1.86. The van der Waals surface area contributed by atoms with Gasteiger partial charge in [0.2, 0.25) is 0 Å². The molecule has 0 aliphatic carbocycles. The largest absolute Gasteiger partial charge is 0.397 e. The second-order valence-corrected chi connectivity index (χ2v) is 2.43. The lowest BCUT2D eigenvalue weighted by atomic mass is 10.3. The third-order valence-electron chi connectivity index (χ3n) is 1.39. The smallest absolute Gasteiger partial charge is 0.0628 e. The lowest BCUT2D eigenvalue weighted by Crippen LogP contribution is -1.86. The summed E-state index contributed by atoms with van der Waals surface area (Å²) in [5, 5.41) is 8.50. The number of pyridine rings is 1. The first-order valence-corrected chi connectivity index (χ1v) is 3.82. The average Bonchev–Trinajstić information content (AvgIpc) is 2.09. The van der Waals surface area contributed by atoms with Gasteiger partial charge in [0.25, 0.3) is 0 Å². The average molecular weight is 164 g/mol. The summed E-state index contributed by atoms with van der Waals surface area (Å²) in [7, 11) is 0. The van der Waals surface area contributed by atoms with E-state index in [0.717, 1.165) is 5.69 Å². The van der Waals surface area contributed by atoms with Gasteiger partial charge in [0.15, 0.2) is 0 Å². The molecular weight excluding hydrogens is 152 g/mol. The first-order valence-electron chi connectivity index (χ1n) is 3.82. The summed E-state index contributed by atoms with van der Waals surface area (Å²) in [5.41, 5.74) is 6.98. The highest BCUT2D eigenvalue weighted by molar-refractivity contribution is 5.47. The quantitative estimate of drug-likeness (QED) is 0.702. The second kappa shape index (κ2) is 4.51. The first-order chi connectivity index (χ1) is 5.83. The van der Waals surface area contributed by atoms with Crippen LogP contribution in [0.4, 0.5) is 5.69 Å². The molecule has 0 fully saturated rings. The summed E-state index contributed by atoms with van der Waals surface area (Å²) in [4.78, 5) is 4.06. The van der Waals surface area contributed by atoms with Crippen molar-refractivity contribution < 1.29 is 5.11 Å². The van der Waals surface area contributed by atoms with E-state index in [1.807, 2.05) is 18.2 Å². The van der Waals surface area contributed by atoms with Crippen molar-refractivity contribution >= 4 is 11.8 Å². The molecule has 1 heterocycles. The van der Waals surface area contributed by atoms with Gasteiger partial charge in [-0.25, -0.2) is 0 Å². The maximum atomic E-state index is 8.50. The third-order valence-corrected chi connectivity index (χ3v) is 1.39. The van der Waals surface area contributed by atoms with Crippen molar-refractivity contribution in [1.82, 2.24) is 4.98 Å². The third kappa shape index (κ3) is 2.72. The standard InChI is InChI=1S/C9H12N2O/c10-8-4-5-9(11-7-8)3-1-2-6-12/h1,3-5,7,12H,2,6,10H2. The topological polar surface area (TPSA) is 59.1 Å². The number of rotatable bonds is 3. The maximum absolute atomic E-state index is 8.50. The Balaban J connectivity index is 2.58. The number of nitrogens with zero attached hydrogens (tertiary/aromatic N) is 1. The van der Waals surface area contributed by atoms with Gasteiger partial charge in [-0.1, -0.05) is 6.08 Å². The molecule has 0 unspecified atom stereocenters. The van der Waals surface area contributed by atoms with Crippen LogP contribution in [0.5, 0.6) is 0 Å². The molecule has 1 aromatic rings. The lowest BCUT2D eigenvalue weighted by Gasteiger charge is -1.93. The molecule has 0 radical (unpaired) electrons. The molecule has 1 rings (SSSR count). The molecule has 0 aliphatic heterocycles. The van der Waals surface area contributed by atoms with Crippen molar-refractivity contribution in [1.29, 1.82) is 0 Å². The van der Waals surface area contributed by atoms with E-state index in [0.29, 0.717) is 12.1 Å². The van der Waals surface area contributed by atoms with Crippen LogP contribution in [-0.4, -0.2) is 16.7 Å². The molecule has 3 N–H and O–H groups in total. The van der Waals surface area contributed by atoms with E-state index in [-0.39, 0.29) is 6.61 Å². The van der Waals surface area contributed by atoms with Gasteiger partial charge in [-0.2, -0.15) is 0 Å². The molecule has 0 saturated heterocycles. The van der Waals surface area contributed by atoms with E-state index < -0.39 is 0 Å². The van der Waals surface area contributed by atoms with Crippen LogP contribution >= 0.6 is 0 Å². The maximum Gasteiger partial charge on any atom is 0.0628 e. The molecule has 1 aromatic heterocycles. The fourth-order valence-electron chi connectivity index (χ4n) is 0.794. The van der Waals surface area contributed by atoms with Gasteiger partial charge >= 0.3 is 0 Å². The molecule has 0 saturated carbocycles. The SMILES string of the molecule is Nc1ccc(C=CCCO)nc1. The van der Waals surface area contributed by atoms with Crippen LogP contribution in [0.1, 0.15) is 12.1 Å². The van der Waals surface area contributed by atoms with Crippen molar-refractivity contribution in [3.8, 4) is 0 Å². The number of anilines is 1. The minimum atomic E-state index is 0.172. The summed E-state index contributed by atoms with van der Waals surface area (Å²) in [6.07, 6.45) is 6.00. The number of nitrogens with two attached hydrogens (primary N) is 1. The molecule has 0 aliphatic rings. The van der Waals surface area contributed by atoms with Crippen molar-refractivity contribution in [2.75, 3.05) is 12.3 Å². The van der Waals surface area contributed by atoms with Gasteiger partial charge in [-0.05, 0) is 24.6 Å². The summed E-state index contributed by atoms with van der Waals surface area (Å²) < 4.78 is 0. The van der Waals surface area contributed by atoms with E-state index in [1.165, 1.54) is 0 Å². The Morgan fingerprint density at radius 3 is 2.92 bits per heavy atom. The summed E-state index contributed by atoms with van der Waals surface area (Å²) in [5.74, 6) is 0. The Bertz CT molecular complexity index is 254. The molecule has 64 valence electrons. The lowest BCUT2D eigenvalue weighted by molar-refractivity contribution is 0.303. The normalized spacial score (nSPS) is 10.8. The fourth-order valence-corrected chi connectivity index (χ4v) is 0.794. The van der Waals surface area contributed by atoms with Crippen LogP contribution in [0, 0.1) is 0 Å². The zero-order valence-corrected chi connectivity index (χ0v) is 6.77. The molecule has 0 spiro atoms. The zero-order chi connectivity index (χ0) is 8.81. The number of hydrogen-bond acceptors (Lipinski definition) is 3. The molecule has 3 heteroatoms. The van der Waals surface area contributed by atoms with Crippen LogP contribution in [0.25, 0.3) is 6.08 Å². The zero-order valence-electron chi connectivity index (χ0n) is 6.77. The van der Waals surface area contributed by atoms with Gasteiger partial charge in [0, 0.05) is 6.61 Å². The Morgan fingerprint density at radius 2 is 2.33 bits per heavy atom. The van der Waals surface area contributed by atoms with Crippen LogP contribution < -0.4 is 5.73 Å².